The average Bonchev–Trinajstić information content (AvgIpc) is 3.25. The topological polar surface area (TPSA) is 71.3 Å². The monoisotopic (exact) mass is 433 g/mol. The van der Waals surface area contributed by atoms with Gasteiger partial charge < -0.3 is 14.4 Å². The van der Waals surface area contributed by atoms with E-state index in [1.54, 1.807) is 30.1 Å². The highest BCUT2D eigenvalue weighted by Crippen LogP contribution is 2.29. The Morgan fingerprint density at radius 3 is 2.65 bits per heavy atom. The number of aryl methyl sites for hydroxylation is 1. The van der Waals surface area contributed by atoms with Crippen molar-refractivity contribution >= 4 is 17.9 Å². The largest absolute Gasteiger partial charge is 0.433 e. The molecule has 4 rings (SSSR count). The van der Waals surface area contributed by atoms with Crippen LogP contribution in [0.3, 0.4) is 0 Å². The minimum atomic E-state index is -4.52. The summed E-state index contributed by atoms with van der Waals surface area (Å²) in [5.74, 6) is -0.129. The van der Waals surface area contributed by atoms with Gasteiger partial charge in [-0.1, -0.05) is 12.2 Å². The SMILES string of the molecule is CN(C(=O)c1cn(C)c(=O)c2c1C=CC2)C1CCN(c2nccc(C(F)(F)F)n2)CC1. The Balaban J connectivity index is 1.47. The number of aromatic nitrogens is 3. The molecule has 10 heteroatoms. The predicted molar refractivity (Wildman–Crippen MR) is 109 cm³/mol. The maximum Gasteiger partial charge on any atom is 0.433 e. The summed E-state index contributed by atoms with van der Waals surface area (Å²) in [7, 11) is 3.35. The Hall–Kier alpha value is -3.17. The van der Waals surface area contributed by atoms with E-state index >= 15 is 0 Å². The number of anilines is 1. The molecule has 0 spiro atoms. The molecular formula is C21H22F3N5O2. The summed E-state index contributed by atoms with van der Waals surface area (Å²) in [6, 6.07) is 0.774. The maximum absolute atomic E-state index is 13.2. The zero-order valence-electron chi connectivity index (χ0n) is 17.2. The van der Waals surface area contributed by atoms with E-state index in [0.717, 1.165) is 12.3 Å². The number of nitrogens with zero attached hydrogens (tertiary/aromatic N) is 5. The van der Waals surface area contributed by atoms with Gasteiger partial charge in [-0.05, 0) is 30.9 Å². The molecule has 0 bridgehead atoms. The zero-order valence-corrected chi connectivity index (χ0v) is 17.2. The molecule has 31 heavy (non-hydrogen) atoms. The highest BCUT2D eigenvalue weighted by molar-refractivity contribution is 5.98. The van der Waals surface area contributed by atoms with E-state index < -0.39 is 11.9 Å². The number of pyridine rings is 1. The molecule has 1 fully saturated rings. The van der Waals surface area contributed by atoms with Gasteiger partial charge in [-0.3, -0.25) is 9.59 Å². The molecule has 2 aliphatic rings. The second-order valence-electron chi connectivity index (χ2n) is 7.83. The molecule has 1 aliphatic heterocycles. The number of carbonyl (C=O) groups excluding carboxylic acids is 1. The van der Waals surface area contributed by atoms with Crippen LogP contribution in [0.2, 0.25) is 0 Å². The number of fused-ring (bicyclic) bond motifs is 1. The molecule has 164 valence electrons. The number of hydrogen-bond acceptors (Lipinski definition) is 5. The molecule has 2 aromatic rings. The summed E-state index contributed by atoms with van der Waals surface area (Å²) in [5.41, 5.74) is 0.710. The highest BCUT2D eigenvalue weighted by Gasteiger charge is 2.34. The summed E-state index contributed by atoms with van der Waals surface area (Å²) in [6.45, 7) is 0.879. The summed E-state index contributed by atoms with van der Waals surface area (Å²) in [6.07, 6.45) is 3.51. The van der Waals surface area contributed by atoms with Crippen molar-refractivity contribution in [3.8, 4) is 0 Å². The van der Waals surface area contributed by atoms with Crippen molar-refractivity contribution < 1.29 is 18.0 Å². The molecule has 0 unspecified atom stereocenters. The molecule has 2 aromatic heterocycles. The molecule has 3 heterocycles. The third-order valence-electron chi connectivity index (χ3n) is 5.90. The lowest BCUT2D eigenvalue weighted by Gasteiger charge is -2.37. The molecule has 0 aromatic carbocycles. The molecule has 0 radical (unpaired) electrons. The smallest absolute Gasteiger partial charge is 0.341 e. The van der Waals surface area contributed by atoms with Crippen molar-refractivity contribution in [2.45, 2.75) is 31.5 Å². The summed E-state index contributed by atoms with van der Waals surface area (Å²) >= 11 is 0. The van der Waals surface area contributed by atoms with Gasteiger partial charge in [0.2, 0.25) is 5.95 Å². The number of alkyl halides is 3. The van der Waals surface area contributed by atoms with Crippen LogP contribution in [-0.4, -0.2) is 51.5 Å². The first-order chi connectivity index (χ1) is 14.7. The van der Waals surface area contributed by atoms with Crippen LogP contribution >= 0.6 is 0 Å². The number of piperidine rings is 1. The van der Waals surface area contributed by atoms with Crippen LogP contribution < -0.4 is 10.5 Å². The maximum atomic E-state index is 13.2. The summed E-state index contributed by atoms with van der Waals surface area (Å²) in [4.78, 5) is 36.5. The van der Waals surface area contributed by atoms with Crippen LogP contribution in [0.5, 0.6) is 0 Å². The minimum absolute atomic E-state index is 0.0447. The van der Waals surface area contributed by atoms with Gasteiger partial charge >= 0.3 is 6.18 Å². The molecule has 1 amide bonds. The summed E-state index contributed by atoms with van der Waals surface area (Å²) in [5, 5.41) is 0. The van der Waals surface area contributed by atoms with Gasteiger partial charge in [-0.2, -0.15) is 13.2 Å². The van der Waals surface area contributed by atoms with Crippen LogP contribution in [0.4, 0.5) is 19.1 Å². The predicted octanol–water partition coefficient (Wildman–Crippen LogP) is 2.50. The fourth-order valence-corrected chi connectivity index (χ4v) is 4.13. The van der Waals surface area contributed by atoms with Crippen LogP contribution in [0, 0.1) is 0 Å². The lowest BCUT2D eigenvalue weighted by atomic mass is 10.0. The molecular weight excluding hydrogens is 411 g/mol. The standard InChI is InChI=1S/C21H22F3N5O2/c1-27-12-16(14-4-3-5-15(14)18(27)30)19(31)28(2)13-7-10-29(11-8-13)20-25-9-6-17(26-20)21(22,23)24/h3-4,6,9,12-13H,5,7-8,10-11H2,1-2H3. The van der Waals surface area contributed by atoms with E-state index in [9.17, 15) is 22.8 Å². The Bertz CT molecular complexity index is 1100. The van der Waals surface area contributed by atoms with Gasteiger partial charge in [0.15, 0.2) is 0 Å². The van der Waals surface area contributed by atoms with Crippen molar-refractivity contribution in [2.24, 2.45) is 7.05 Å². The van der Waals surface area contributed by atoms with Gasteiger partial charge in [-0.15, -0.1) is 0 Å². The number of amides is 1. The van der Waals surface area contributed by atoms with E-state index in [-0.39, 0.29) is 23.5 Å². The Labute approximate surface area is 176 Å². The minimum Gasteiger partial charge on any atom is -0.341 e. The fraction of sp³-hybridized carbons (Fsp3) is 0.429. The second-order valence-corrected chi connectivity index (χ2v) is 7.83. The van der Waals surface area contributed by atoms with Gasteiger partial charge in [-0.25, -0.2) is 9.97 Å². The van der Waals surface area contributed by atoms with Crippen molar-refractivity contribution in [3.63, 3.8) is 0 Å². The van der Waals surface area contributed by atoms with Crippen LogP contribution in [0.1, 0.15) is 40.0 Å². The molecule has 1 aliphatic carbocycles. The zero-order chi connectivity index (χ0) is 22.3. The Morgan fingerprint density at radius 2 is 1.97 bits per heavy atom. The second kappa shape index (κ2) is 7.82. The van der Waals surface area contributed by atoms with Crippen molar-refractivity contribution in [2.75, 3.05) is 25.0 Å². The Kier molecular flexibility index (Phi) is 5.32. The highest BCUT2D eigenvalue weighted by atomic mass is 19.4. The van der Waals surface area contributed by atoms with Crippen molar-refractivity contribution in [3.05, 3.63) is 57.3 Å². The first-order valence-corrected chi connectivity index (χ1v) is 9.98. The van der Waals surface area contributed by atoms with E-state index in [1.807, 2.05) is 12.2 Å². The normalized spacial score (nSPS) is 16.5. The van der Waals surface area contributed by atoms with Crippen molar-refractivity contribution in [1.82, 2.24) is 19.4 Å². The molecule has 0 N–H and O–H groups in total. The molecule has 1 saturated heterocycles. The van der Waals surface area contributed by atoms with Crippen LogP contribution in [0.25, 0.3) is 6.08 Å². The fourth-order valence-electron chi connectivity index (χ4n) is 4.13. The number of carbonyl (C=O) groups is 1. The molecule has 7 nitrogen and oxygen atoms in total. The average molecular weight is 433 g/mol. The quantitative estimate of drug-likeness (QED) is 0.744. The van der Waals surface area contributed by atoms with Crippen LogP contribution in [-0.2, 0) is 19.6 Å². The van der Waals surface area contributed by atoms with Crippen LogP contribution in [0.15, 0.2) is 29.3 Å². The van der Waals surface area contributed by atoms with E-state index in [1.165, 1.54) is 4.57 Å². The first-order valence-electron chi connectivity index (χ1n) is 9.98. The number of hydrogen-bond donors (Lipinski definition) is 0. The molecule has 0 atom stereocenters. The lowest BCUT2D eigenvalue weighted by molar-refractivity contribution is -0.141. The summed E-state index contributed by atoms with van der Waals surface area (Å²) < 4.78 is 40.2. The van der Waals surface area contributed by atoms with Crippen molar-refractivity contribution in [1.29, 1.82) is 0 Å². The first kappa shape index (κ1) is 21.1. The Morgan fingerprint density at radius 1 is 1.26 bits per heavy atom. The lowest BCUT2D eigenvalue weighted by Crippen LogP contribution is -2.46. The van der Waals surface area contributed by atoms with E-state index in [2.05, 4.69) is 9.97 Å². The van der Waals surface area contributed by atoms with Gasteiger partial charge in [0.05, 0.1) is 5.56 Å². The number of rotatable bonds is 3. The third-order valence-corrected chi connectivity index (χ3v) is 5.90. The number of halogens is 3. The van der Waals surface area contributed by atoms with Gasteiger partial charge in [0.1, 0.15) is 5.69 Å². The third kappa shape index (κ3) is 3.94. The van der Waals surface area contributed by atoms with E-state index in [4.69, 9.17) is 0 Å². The number of allylic oxidation sites excluding steroid dienone is 1. The van der Waals surface area contributed by atoms with Gasteiger partial charge in [0.25, 0.3) is 11.5 Å². The molecule has 0 saturated carbocycles. The van der Waals surface area contributed by atoms with E-state index in [0.29, 0.717) is 49.0 Å². The van der Waals surface area contributed by atoms with Gasteiger partial charge in [0, 0.05) is 51.2 Å².